The lowest BCUT2D eigenvalue weighted by molar-refractivity contribution is -0.0359. The minimum absolute atomic E-state index is 0.0350. The summed E-state index contributed by atoms with van der Waals surface area (Å²) in [4.78, 5) is 0. The fourth-order valence-corrected chi connectivity index (χ4v) is 3.16. The summed E-state index contributed by atoms with van der Waals surface area (Å²) in [6, 6.07) is 0.187. The van der Waals surface area contributed by atoms with Crippen LogP contribution in [0.25, 0.3) is 0 Å². The molecular weight excluding hydrogens is 262 g/mol. The van der Waals surface area contributed by atoms with E-state index in [1.165, 1.54) is 0 Å². The van der Waals surface area contributed by atoms with Crippen LogP contribution in [0.4, 0.5) is 0 Å². The Kier molecular flexibility index (Phi) is 8.17. The van der Waals surface area contributed by atoms with Crippen molar-refractivity contribution in [3.63, 3.8) is 0 Å². The van der Waals surface area contributed by atoms with Crippen LogP contribution in [0.2, 0.25) is 0 Å². The summed E-state index contributed by atoms with van der Waals surface area (Å²) in [5.74, 6) is 0.496. The van der Waals surface area contributed by atoms with Crippen LogP contribution in [0.15, 0.2) is 0 Å². The molecule has 0 aliphatic heterocycles. The van der Waals surface area contributed by atoms with Gasteiger partial charge in [-0.3, -0.25) is 0 Å². The maximum Gasteiger partial charge on any atom is 0.150 e. The van der Waals surface area contributed by atoms with E-state index in [-0.39, 0.29) is 29.1 Å². The summed E-state index contributed by atoms with van der Waals surface area (Å²) in [5.41, 5.74) is 0.0350. The Morgan fingerprint density at radius 2 is 1.79 bits per heavy atom. The van der Waals surface area contributed by atoms with Crippen LogP contribution in [-0.2, 0) is 14.6 Å². The zero-order valence-corrected chi connectivity index (χ0v) is 14.1. The standard InChI is InChI=1S/C14H31NO3S/c1-7-18-13(14(3,4)5)12(15-6)10-9-11-19(16,17)8-2/h12-13,15H,7-11H2,1-6H3. The van der Waals surface area contributed by atoms with Crippen molar-refractivity contribution in [2.45, 2.75) is 59.6 Å². The SMILES string of the molecule is CCOC(C(CCCS(=O)(=O)CC)NC)C(C)(C)C. The molecule has 0 rings (SSSR count). The molecule has 0 radical (unpaired) electrons. The van der Waals surface area contributed by atoms with Gasteiger partial charge in [-0.2, -0.15) is 0 Å². The number of sulfone groups is 1. The highest BCUT2D eigenvalue weighted by Crippen LogP contribution is 2.27. The zero-order valence-electron chi connectivity index (χ0n) is 13.3. The van der Waals surface area contributed by atoms with Crippen molar-refractivity contribution < 1.29 is 13.2 Å². The third kappa shape index (κ3) is 7.28. The van der Waals surface area contributed by atoms with Crippen molar-refractivity contribution in [3.05, 3.63) is 0 Å². The molecule has 0 aromatic rings. The second kappa shape index (κ2) is 8.22. The first-order valence-electron chi connectivity index (χ1n) is 7.17. The molecule has 2 atom stereocenters. The maximum atomic E-state index is 11.5. The second-order valence-electron chi connectivity index (χ2n) is 6.02. The van der Waals surface area contributed by atoms with Gasteiger partial charge in [0.05, 0.1) is 11.9 Å². The van der Waals surface area contributed by atoms with Crippen molar-refractivity contribution in [2.75, 3.05) is 25.2 Å². The van der Waals surface area contributed by atoms with Crippen molar-refractivity contribution in [1.29, 1.82) is 0 Å². The number of rotatable bonds is 9. The lowest BCUT2D eigenvalue weighted by Gasteiger charge is -2.36. The van der Waals surface area contributed by atoms with Gasteiger partial charge in [0, 0.05) is 18.4 Å². The minimum Gasteiger partial charge on any atom is -0.376 e. The highest BCUT2D eigenvalue weighted by atomic mass is 32.2. The van der Waals surface area contributed by atoms with Crippen molar-refractivity contribution in [3.8, 4) is 0 Å². The van der Waals surface area contributed by atoms with Gasteiger partial charge in [0.2, 0.25) is 0 Å². The molecule has 5 heteroatoms. The van der Waals surface area contributed by atoms with Gasteiger partial charge in [-0.15, -0.1) is 0 Å². The van der Waals surface area contributed by atoms with Crippen LogP contribution in [0.5, 0.6) is 0 Å². The van der Waals surface area contributed by atoms with Crippen LogP contribution in [0.1, 0.15) is 47.5 Å². The Morgan fingerprint density at radius 1 is 1.21 bits per heavy atom. The van der Waals surface area contributed by atoms with Gasteiger partial charge in [0.25, 0.3) is 0 Å². The summed E-state index contributed by atoms with van der Waals surface area (Å²) >= 11 is 0. The maximum absolute atomic E-state index is 11.5. The molecule has 116 valence electrons. The van der Waals surface area contributed by atoms with Gasteiger partial charge in [-0.05, 0) is 32.2 Å². The van der Waals surface area contributed by atoms with Gasteiger partial charge in [-0.1, -0.05) is 27.7 Å². The van der Waals surface area contributed by atoms with Crippen LogP contribution in [0, 0.1) is 5.41 Å². The molecule has 0 bridgehead atoms. The molecule has 4 nitrogen and oxygen atoms in total. The number of hydrogen-bond donors (Lipinski definition) is 1. The molecule has 2 unspecified atom stereocenters. The van der Waals surface area contributed by atoms with Crippen LogP contribution < -0.4 is 5.32 Å². The quantitative estimate of drug-likeness (QED) is 0.708. The van der Waals surface area contributed by atoms with Crippen LogP contribution >= 0.6 is 0 Å². The highest BCUT2D eigenvalue weighted by molar-refractivity contribution is 7.91. The molecule has 0 aliphatic rings. The van der Waals surface area contributed by atoms with E-state index in [0.29, 0.717) is 13.0 Å². The average molecular weight is 293 g/mol. The Labute approximate surface area is 119 Å². The predicted molar refractivity (Wildman–Crippen MR) is 81.3 cm³/mol. The molecule has 0 aromatic heterocycles. The Balaban J connectivity index is 4.54. The van der Waals surface area contributed by atoms with E-state index < -0.39 is 9.84 Å². The summed E-state index contributed by atoms with van der Waals surface area (Å²) in [6.45, 7) is 10.8. The third-order valence-corrected chi connectivity index (χ3v) is 5.14. The highest BCUT2D eigenvalue weighted by Gasteiger charge is 2.31. The van der Waals surface area contributed by atoms with Crippen molar-refractivity contribution >= 4 is 9.84 Å². The molecule has 1 N–H and O–H groups in total. The topological polar surface area (TPSA) is 55.4 Å². The molecule has 0 amide bonds. The summed E-state index contributed by atoms with van der Waals surface area (Å²) in [5, 5.41) is 3.28. The number of likely N-dealkylation sites (N-methyl/N-ethyl adjacent to an activating group) is 1. The Hall–Kier alpha value is -0.130. The third-order valence-electron chi connectivity index (χ3n) is 3.35. The number of ether oxygens (including phenoxy) is 1. The van der Waals surface area contributed by atoms with Gasteiger partial charge in [-0.25, -0.2) is 8.42 Å². The first-order chi connectivity index (χ1) is 8.68. The molecule has 0 spiro atoms. The summed E-state index contributed by atoms with van der Waals surface area (Å²) in [7, 11) is -0.952. The molecule has 19 heavy (non-hydrogen) atoms. The Morgan fingerprint density at radius 3 is 2.16 bits per heavy atom. The molecule has 0 saturated heterocycles. The van der Waals surface area contributed by atoms with E-state index in [1.807, 2.05) is 14.0 Å². The van der Waals surface area contributed by atoms with E-state index >= 15 is 0 Å². The van der Waals surface area contributed by atoms with Crippen LogP contribution in [0.3, 0.4) is 0 Å². The van der Waals surface area contributed by atoms with Gasteiger partial charge in [0.15, 0.2) is 0 Å². The zero-order chi connectivity index (χ0) is 15.1. The molecule has 0 saturated carbocycles. The number of hydrogen-bond acceptors (Lipinski definition) is 4. The minimum atomic E-state index is -2.87. The molecule has 0 heterocycles. The predicted octanol–water partition coefficient (Wildman–Crippen LogP) is 2.24. The normalized spacial score (nSPS) is 16.3. The van der Waals surface area contributed by atoms with E-state index in [9.17, 15) is 8.42 Å². The van der Waals surface area contributed by atoms with E-state index in [4.69, 9.17) is 4.74 Å². The molecule has 0 fully saturated rings. The fraction of sp³-hybridized carbons (Fsp3) is 1.00. The summed E-state index contributed by atoms with van der Waals surface area (Å²) < 4.78 is 28.9. The van der Waals surface area contributed by atoms with E-state index in [0.717, 1.165) is 6.42 Å². The lowest BCUT2D eigenvalue weighted by atomic mass is 9.83. The van der Waals surface area contributed by atoms with E-state index in [2.05, 4.69) is 26.1 Å². The lowest BCUT2D eigenvalue weighted by Crippen LogP contribution is -2.47. The molecule has 0 aromatic carbocycles. The molecular formula is C14H31NO3S. The van der Waals surface area contributed by atoms with Gasteiger partial charge >= 0.3 is 0 Å². The number of nitrogens with one attached hydrogen (secondary N) is 1. The Bertz CT molecular complexity index is 333. The van der Waals surface area contributed by atoms with Crippen molar-refractivity contribution in [2.24, 2.45) is 5.41 Å². The average Bonchev–Trinajstić information content (AvgIpc) is 2.31. The monoisotopic (exact) mass is 293 g/mol. The van der Waals surface area contributed by atoms with Crippen molar-refractivity contribution in [1.82, 2.24) is 5.32 Å². The van der Waals surface area contributed by atoms with Gasteiger partial charge < -0.3 is 10.1 Å². The largest absolute Gasteiger partial charge is 0.376 e. The first-order valence-corrected chi connectivity index (χ1v) is 8.99. The molecule has 0 aliphatic carbocycles. The van der Waals surface area contributed by atoms with E-state index in [1.54, 1.807) is 6.92 Å². The fourth-order valence-electron chi connectivity index (χ4n) is 2.26. The van der Waals surface area contributed by atoms with Gasteiger partial charge in [0.1, 0.15) is 9.84 Å². The smallest absolute Gasteiger partial charge is 0.150 e. The second-order valence-corrected chi connectivity index (χ2v) is 8.49. The van der Waals surface area contributed by atoms with Crippen LogP contribution in [-0.4, -0.2) is 45.7 Å². The first kappa shape index (κ1) is 18.9. The summed E-state index contributed by atoms with van der Waals surface area (Å²) in [6.07, 6.45) is 1.59.